The van der Waals surface area contributed by atoms with Gasteiger partial charge < -0.3 is 21.1 Å². The van der Waals surface area contributed by atoms with Gasteiger partial charge in [0.15, 0.2) is 6.61 Å². The third kappa shape index (κ3) is 5.94. The summed E-state index contributed by atoms with van der Waals surface area (Å²) in [6.07, 6.45) is 0. The van der Waals surface area contributed by atoms with Gasteiger partial charge in [0.2, 0.25) is 0 Å². The van der Waals surface area contributed by atoms with Gasteiger partial charge in [-0.15, -0.1) is 0 Å². The third-order valence-electron chi connectivity index (χ3n) is 3.67. The minimum absolute atomic E-state index is 0.146. The Balaban J connectivity index is 1.80. The van der Waals surface area contributed by atoms with Crippen molar-refractivity contribution in [1.29, 1.82) is 0 Å². The Morgan fingerprint density at radius 2 is 1.81 bits per heavy atom. The minimum atomic E-state index is -0.734. The number of hydrogen-bond acceptors (Lipinski definition) is 4. The van der Waals surface area contributed by atoms with E-state index in [2.05, 4.69) is 10.6 Å². The molecule has 2 aromatic carbocycles. The van der Waals surface area contributed by atoms with Crippen molar-refractivity contribution < 1.29 is 19.1 Å². The highest BCUT2D eigenvalue weighted by molar-refractivity contribution is 5.94. The Hall–Kier alpha value is -3.35. The number of carbonyl (C=O) groups is 3. The molecule has 3 amide bonds. The van der Waals surface area contributed by atoms with Crippen LogP contribution in [0, 0.1) is 0 Å². The summed E-state index contributed by atoms with van der Waals surface area (Å²) in [7, 11) is 0. The number of ether oxygens (including phenoxy) is 1. The van der Waals surface area contributed by atoms with Gasteiger partial charge in [-0.1, -0.05) is 43.3 Å². The molecule has 2 rings (SSSR count). The molecule has 26 heavy (non-hydrogen) atoms. The van der Waals surface area contributed by atoms with E-state index in [1.54, 1.807) is 12.1 Å². The lowest BCUT2D eigenvalue weighted by Gasteiger charge is -2.13. The highest BCUT2D eigenvalue weighted by Gasteiger charge is 2.12. The smallest absolute Gasteiger partial charge is 0.338 e. The van der Waals surface area contributed by atoms with E-state index in [1.807, 2.05) is 37.3 Å². The van der Waals surface area contributed by atoms with Crippen molar-refractivity contribution in [3.8, 4) is 0 Å². The standard InChI is InChI=1S/C19H21N3O4/c1-13(14-6-3-2-4-7-14)11-21-17(23)12-26-18(24)15-8-5-9-16(10-15)22-19(20)25/h2-10,13H,11-12H2,1H3,(H,21,23)(H3,20,22,25)/t13-/m1/s1. The van der Waals surface area contributed by atoms with Crippen LogP contribution in [0.25, 0.3) is 0 Å². The van der Waals surface area contributed by atoms with Crippen molar-refractivity contribution in [2.75, 3.05) is 18.5 Å². The molecule has 0 bridgehead atoms. The molecule has 136 valence electrons. The zero-order valence-electron chi connectivity index (χ0n) is 14.4. The Morgan fingerprint density at radius 3 is 2.50 bits per heavy atom. The molecule has 7 heteroatoms. The maximum Gasteiger partial charge on any atom is 0.338 e. The van der Waals surface area contributed by atoms with Gasteiger partial charge in [0.25, 0.3) is 5.91 Å². The summed E-state index contributed by atoms with van der Waals surface area (Å²) >= 11 is 0. The largest absolute Gasteiger partial charge is 0.452 e. The quantitative estimate of drug-likeness (QED) is 0.662. The van der Waals surface area contributed by atoms with E-state index in [-0.39, 0.29) is 24.0 Å². The van der Waals surface area contributed by atoms with Gasteiger partial charge in [0.1, 0.15) is 0 Å². The number of primary amides is 1. The second-order valence-electron chi connectivity index (χ2n) is 5.76. The van der Waals surface area contributed by atoms with Gasteiger partial charge in [-0.2, -0.15) is 0 Å². The molecule has 0 saturated heterocycles. The van der Waals surface area contributed by atoms with E-state index in [9.17, 15) is 14.4 Å². The molecule has 4 N–H and O–H groups in total. The van der Waals surface area contributed by atoms with Gasteiger partial charge in [-0.3, -0.25) is 4.79 Å². The maximum atomic E-state index is 12.0. The van der Waals surface area contributed by atoms with Crippen LogP contribution in [0.4, 0.5) is 10.5 Å². The molecular formula is C19H21N3O4. The molecule has 2 aromatic rings. The molecule has 0 heterocycles. The number of rotatable bonds is 7. The number of nitrogens with one attached hydrogen (secondary N) is 2. The molecule has 0 spiro atoms. The number of nitrogens with two attached hydrogens (primary N) is 1. The van der Waals surface area contributed by atoms with Crippen LogP contribution in [0.15, 0.2) is 54.6 Å². The molecule has 7 nitrogen and oxygen atoms in total. The predicted molar refractivity (Wildman–Crippen MR) is 97.8 cm³/mol. The van der Waals surface area contributed by atoms with Crippen LogP contribution >= 0.6 is 0 Å². The molecule has 0 radical (unpaired) electrons. The van der Waals surface area contributed by atoms with Gasteiger partial charge in [0.05, 0.1) is 5.56 Å². The number of anilines is 1. The molecule has 0 aliphatic rings. The SMILES string of the molecule is C[C@H](CNC(=O)COC(=O)c1cccc(NC(N)=O)c1)c1ccccc1. The van der Waals surface area contributed by atoms with E-state index in [0.29, 0.717) is 12.2 Å². The number of carbonyl (C=O) groups excluding carboxylic acids is 3. The number of amides is 3. The zero-order chi connectivity index (χ0) is 18.9. The van der Waals surface area contributed by atoms with Gasteiger partial charge in [-0.05, 0) is 29.7 Å². The van der Waals surface area contributed by atoms with E-state index < -0.39 is 12.0 Å². The first-order chi connectivity index (χ1) is 12.5. The lowest BCUT2D eigenvalue weighted by Crippen LogP contribution is -2.31. The molecule has 1 atom stereocenters. The molecule has 0 unspecified atom stereocenters. The van der Waals surface area contributed by atoms with E-state index in [1.165, 1.54) is 12.1 Å². The monoisotopic (exact) mass is 355 g/mol. The highest BCUT2D eigenvalue weighted by atomic mass is 16.5. The summed E-state index contributed by atoms with van der Waals surface area (Å²) in [6.45, 7) is 2.06. The maximum absolute atomic E-state index is 12.0. The van der Waals surface area contributed by atoms with Crippen LogP contribution in [0.5, 0.6) is 0 Å². The average molecular weight is 355 g/mol. The van der Waals surface area contributed by atoms with Crippen LogP contribution in [-0.2, 0) is 9.53 Å². The molecule has 0 saturated carbocycles. The van der Waals surface area contributed by atoms with Crippen molar-refractivity contribution in [3.05, 3.63) is 65.7 Å². The Kier molecular flexibility index (Phi) is 6.73. The van der Waals surface area contributed by atoms with E-state index in [4.69, 9.17) is 10.5 Å². The number of urea groups is 1. The van der Waals surface area contributed by atoms with Gasteiger partial charge in [-0.25, -0.2) is 9.59 Å². The fraction of sp³-hybridized carbons (Fsp3) is 0.211. The molecular weight excluding hydrogens is 334 g/mol. The summed E-state index contributed by atoms with van der Waals surface area (Å²) in [5, 5.41) is 5.10. The summed E-state index contributed by atoms with van der Waals surface area (Å²) in [5.41, 5.74) is 6.72. The van der Waals surface area contributed by atoms with E-state index >= 15 is 0 Å². The number of benzene rings is 2. The van der Waals surface area contributed by atoms with Crippen LogP contribution in [0.1, 0.15) is 28.8 Å². The van der Waals surface area contributed by atoms with Crippen LogP contribution < -0.4 is 16.4 Å². The van der Waals surface area contributed by atoms with Crippen molar-refractivity contribution in [3.63, 3.8) is 0 Å². The predicted octanol–water partition coefficient (Wildman–Crippen LogP) is 2.25. The molecule has 0 aliphatic carbocycles. The minimum Gasteiger partial charge on any atom is -0.452 e. The summed E-state index contributed by atoms with van der Waals surface area (Å²) < 4.78 is 4.99. The van der Waals surface area contributed by atoms with Crippen LogP contribution in [0.3, 0.4) is 0 Å². The third-order valence-corrected chi connectivity index (χ3v) is 3.67. The topological polar surface area (TPSA) is 111 Å². The Bertz CT molecular complexity index is 777. The fourth-order valence-corrected chi connectivity index (χ4v) is 2.30. The summed E-state index contributed by atoms with van der Waals surface area (Å²) in [6, 6.07) is 15.2. The fourth-order valence-electron chi connectivity index (χ4n) is 2.30. The average Bonchev–Trinajstić information content (AvgIpc) is 2.64. The normalized spacial score (nSPS) is 11.3. The summed E-state index contributed by atoms with van der Waals surface area (Å²) in [4.78, 5) is 34.7. The summed E-state index contributed by atoms with van der Waals surface area (Å²) in [5.74, 6) is -0.899. The lowest BCUT2D eigenvalue weighted by molar-refractivity contribution is -0.124. The molecule has 0 aliphatic heterocycles. The zero-order valence-corrected chi connectivity index (χ0v) is 14.4. The van der Waals surface area contributed by atoms with Crippen molar-refractivity contribution in [2.45, 2.75) is 12.8 Å². The highest BCUT2D eigenvalue weighted by Crippen LogP contribution is 2.13. The van der Waals surface area contributed by atoms with Crippen molar-refractivity contribution >= 4 is 23.6 Å². The lowest BCUT2D eigenvalue weighted by atomic mass is 10.0. The second-order valence-corrected chi connectivity index (χ2v) is 5.76. The second kappa shape index (κ2) is 9.22. The first-order valence-electron chi connectivity index (χ1n) is 8.11. The van der Waals surface area contributed by atoms with Crippen LogP contribution in [0.2, 0.25) is 0 Å². The van der Waals surface area contributed by atoms with Crippen molar-refractivity contribution in [2.24, 2.45) is 5.73 Å². The Morgan fingerprint density at radius 1 is 1.08 bits per heavy atom. The van der Waals surface area contributed by atoms with Gasteiger partial charge in [0, 0.05) is 12.2 Å². The van der Waals surface area contributed by atoms with Crippen LogP contribution in [-0.4, -0.2) is 31.1 Å². The number of esters is 1. The first kappa shape index (κ1) is 19.0. The first-order valence-corrected chi connectivity index (χ1v) is 8.11. The molecule has 0 aromatic heterocycles. The molecule has 0 fully saturated rings. The Labute approximate surface area is 151 Å². The van der Waals surface area contributed by atoms with E-state index in [0.717, 1.165) is 5.56 Å². The number of hydrogen-bond donors (Lipinski definition) is 3. The van der Waals surface area contributed by atoms with Crippen molar-refractivity contribution in [1.82, 2.24) is 5.32 Å². The van der Waals surface area contributed by atoms with Gasteiger partial charge >= 0.3 is 12.0 Å².